The Balaban J connectivity index is 1.38. The summed E-state index contributed by atoms with van der Waals surface area (Å²) in [5.74, 6) is -3.38. The number of hydrogen-bond acceptors (Lipinski definition) is 6. The first-order chi connectivity index (χ1) is 25.9. The quantitative estimate of drug-likeness (QED) is 0.104. The van der Waals surface area contributed by atoms with Gasteiger partial charge in [0.1, 0.15) is 12.1 Å². The highest BCUT2D eigenvalue weighted by Crippen LogP contribution is 2.21. The van der Waals surface area contributed by atoms with Crippen molar-refractivity contribution < 1.29 is 23.2 Å². The number of fused-ring (bicyclic) bond motifs is 1. The van der Waals surface area contributed by atoms with Crippen molar-refractivity contribution in [2.75, 3.05) is 32.5 Å². The van der Waals surface area contributed by atoms with E-state index >= 15 is 0 Å². The van der Waals surface area contributed by atoms with E-state index in [1.165, 1.54) is 6.07 Å². The lowest BCUT2D eigenvalue weighted by Crippen LogP contribution is -2.55. The predicted molar refractivity (Wildman–Crippen MR) is 205 cm³/mol. The van der Waals surface area contributed by atoms with Gasteiger partial charge in [0.15, 0.2) is 11.6 Å². The summed E-state index contributed by atoms with van der Waals surface area (Å²) in [5.41, 5.74) is 10.4. The number of nitrogens with two attached hydrogens (primary N) is 1. The van der Waals surface area contributed by atoms with Crippen LogP contribution in [0.5, 0.6) is 0 Å². The second-order valence-electron chi connectivity index (χ2n) is 13.4. The van der Waals surface area contributed by atoms with Gasteiger partial charge in [0.05, 0.1) is 17.6 Å². The maximum atomic E-state index is 14.2. The van der Waals surface area contributed by atoms with Crippen LogP contribution in [0.1, 0.15) is 28.7 Å². The maximum absolute atomic E-state index is 14.2. The molecule has 5 rings (SSSR count). The van der Waals surface area contributed by atoms with Crippen LogP contribution in [0.25, 0.3) is 11.0 Å². The fourth-order valence-electron chi connectivity index (χ4n) is 6.08. The topological polar surface area (TPSA) is 156 Å². The Hall–Kier alpha value is -5.86. The van der Waals surface area contributed by atoms with Crippen LogP contribution in [0.15, 0.2) is 95.8 Å². The highest BCUT2D eigenvalue weighted by molar-refractivity contribution is 5.96. The molecule has 0 spiro atoms. The Morgan fingerprint density at radius 3 is 2.24 bits per heavy atom. The lowest BCUT2D eigenvalue weighted by molar-refractivity contribution is -0.130. The summed E-state index contributed by atoms with van der Waals surface area (Å²) >= 11 is 0. The summed E-state index contributed by atoms with van der Waals surface area (Å²) in [6, 6.07) is 22.2. The van der Waals surface area contributed by atoms with Gasteiger partial charge in [-0.2, -0.15) is 0 Å². The number of likely N-dealkylation sites (N-methyl/N-ethyl adjacent to an activating group) is 1. The molecule has 54 heavy (non-hydrogen) atoms. The monoisotopic (exact) mass is 740 g/mol. The molecule has 0 bridgehead atoms. The number of nitrogens with zero attached hydrogens (tertiary/aromatic N) is 3. The molecule has 14 heteroatoms. The summed E-state index contributed by atoms with van der Waals surface area (Å²) < 4.78 is 31.3. The first-order valence-corrected chi connectivity index (χ1v) is 17.7. The van der Waals surface area contributed by atoms with Crippen molar-refractivity contribution in [2.24, 2.45) is 5.73 Å². The van der Waals surface area contributed by atoms with Gasteiger partial charge in [-0.25, -0.2) is 18.4 Å². The third-order valence-corrected chi connectivity index (χ3v) is 9.08. The standard InChI is InChI=1S/C40H46F2N8O4/c1-26-9-7-8-12-29(26)25-50-35-16-14-30(23-36(35)49(40(50)54)20-19-48(2)3)45-39(53)47-34(22-28-13-15-31(41)32(42)21-28)38(52)46-33(17-18-43)37(51)44-24-27-10-5-4-6-11-27/h4-16,21,23,33-34H,17-20,22,24-25,43H2,1-3H3,(H,44,51)(H,46,52)(H2,45,47,53)/t33-,34-/m0/s1. The van der Waals surface area contributed by atoms with E-state index in [0.717, 1.165) is 28.8 Å². The molecule has 2 atom stereocenters. The molecule has 1 aromatic heterocycles. The van der Waals surface area contributed by atoms with Crippen molar-refractivity contribution in [1.82, 2.24) is 30.0 Å². The Morgan fingerprint density at radius 2 is 1.54 bits per heavy atom. The van der Waals surface area contributed by atoms with Gasteiger partial charge >= 0.3 is 11.7 Å². The molecule has 0 fully saturated rings. The average Bonchev–Trinajstić information content (AvgIpc) is 3.40. The molecule has 0 unspecified atom stereocenters. The largest absolute Gasteiger partial charge is 0.350 e. The smallest absolute Gasteiger partial charge is 0.329 e. The number of amides is 4. The SMILES string of the molecule is Cc1ccccc1Cn1c(=O)n(CCN(C)C)c2cc(NC(=O)N[C@@H](Cc3ccc(F)c(F)c3)C(=O)N[C@@H](CCN)C(=O)NCc3ccccc3)ccc21. The minimum atomic E-state index is -1.31. The molecule has 0 saturated heterocycles. The molecule has 1 heterocycles. The van der Waals surface area contributed by atoms with E-state index in [-0.39, 0.29) is 37.2 Å². The third-order valence-electron chi connectivity index (χ3n) is 9.08. The maximum Gasteiger partial charge on any atom is 0.329 e. The Bertz CT molecular complexity index is 2150. The molecular formula is C40H46F2N8O4. The van der Waals surface area contributed by atoms with Crippen molar-refractivity contribution in [2.45, 2.75) is 51.5 Å². The first-order valence-electron chi connectivity index (χ1n) is 17.7. The minimum Gasteiger partial charge on any atom is -0.350 e. The van der Waals surface area contributed by atoms with Crippen LogP contribution in [-0.2, 0) is 35.6 Å². The minimum absolute atomic E-state index is 0.0836. The highest BCUT2D eigenvalue weighted by Gasteiger charge is 2.27. The number of nitrogens with one attached hydrogen (secondary N) is 4. The number of urea groups is 1. The summed E-state index contributed by atoms with van der Waals surface area (Å²) in [5, 5.41) is 10.8. The second kappa shape index (κ2) is 18.3. The van der Waals surface area contributed by atoms with E-state index in [1.54, 1.807) is 27.3 Å². The van der Waals surface area contributed by atoms with Gasteiger partial charge in [-0.3, -0.25) is 18.7 Å². The molecule has 0 radical (unpaired) electrons. The number of rotatable bonds is 16. The first kappa shape index (κ1) is 39.3. The van der Waals surface area contributed by atoms with Crippen molar-refractivity contribution in [3.05, 3.63) is 135 Å². The molecule has 0 aliphatic rings. The van der Waals surface area contributed by atoms with Crippen LogP contribution in [0.3, 0.4) is 0 Å². The van der Waals surface area contributed by atoms with E-state index in [9.17, 15) is 28.0 Å². The predicted octanol–water partition coefficient (Wildman–Crippen LogP) is 3.88. The van der Waals surface area contributed by atoms with E-state index in [1.807, 2.05) is 80.5 Å². The highest BCUT2D eigenvalue weighted by atomic mass is 19.2. The molecule has 12 nitrogen and oxygen atoms in total. The molecule has 4 aromatic carbocycles. The van der Waals surface area contributed by atoms with Crippen molar-refractivity contribution in [3.8, 4) is 0 Å². The Kier molecular flexibility index (Phi) is 13.3. The average molecular weight is 741 g/mol. The fraction of sp³-hybridized carbons (Fsp3) is 0.300. The van der Waals surface area contributed by atoms with Gasteiger partial charge < -0.3 is 31.9 Å². The van der Waals surface area contributed by atoms with Crippen molar-refractivity contribution in [1.29, 1.82) is 0 Å². The normalized spacial score (nSPS) is 12.4. The molecule has 0 aliphatic carbocycles. The summed E-state index contributed by atoms with van der Waals surface area (Å²) in [6.07, 6.45) is -0.113. The molecule has 0 saturated carbocycles. The Labute approximate surface area is 312 Å². The lowest BCUT2D eigenvalue weighted by atomic mass is 10.0. The number of aromatic nitrogens is 2. The van der Waals surface area contributed by atoms with Gasteiger partial charge in [-0.05, 0) is 86.6 Å². The summed E-state index contributed by atoms with van der Waals surface area (Å²) in [7, 11) is 3.83. The number of benzene rings is 4. The number of aryl methyl sites for hydroxylation is 1. The number of imidazole rings is 1. The zero-order chi connectivity index (χ0) is 38.8. The van der Waals surface area contributed by atoms with Gasteiger partial charge in [0.2, 0.25) is 11.8 Å². The van der Waals surface area contributed by atoms with Crippen LogP contribution in [-0.4, -0.2) is 71.1 Å². The Morgan fingerprint density at radius 1 is 0.796 bits per heavy atom. The zero-order valence-corrected chi connectivity index (χ0v) is 30.6. The molecule has 0 aliphatic heterocycles. The molecule has 4 amide bonds. The number of carbonyl (C=O) groups is 3. The van der Waals surface area contributed by atoms with Gasteiger partial charge in [-0.15, -0.1) is 0 Å². The van der Waals surface area contributed by atoms with Gasteiger partial charge in [-0.1, -0.05) is 60.7 Å². The van der Waals surface area contributed by atoms with Crippen molar-refractivity contribution in [3.63, 3.8) is 0 Å². The number of anilines is 1. The van der Waals surface area contributed by atoms with E-state index in [4.69, 9.17) is 5.73 Å². The fourth-order valence-corrected chi connectivity index (χ4v) is 6.08. The van der Waals surface area contributed by atoms with E-state index in [2.05, 4.69) is 21.3 Å². The summed E-state index contributed by atoms with van der Waals surface area (Å²) in [6.45, 7) is 3.65. The number of halogens is 2. The molecule has 284 valence electrons. The zero-order valence-electron chi connectivity index (χ0n) is 30.6. The molecular weight excluding hydrogens is 694 g/mol. The second-order valence-corrected chi connectivity index (χ2v) is 13.4. The van der Waals surface area contributed by atoms with Crippen LogP contribution in [0, 0.1) is 18.6 Å². The van der Waals surface area contributed by atoms with Crippen LogP contribution < -0.4 is 32.7 Å². The summed E-state index contributed by atoms with van der Waals surface area (Å²) in [4.78, 5) is 56.1. The van der Waals surface area contributed by atoms with Gasteiger partial charge in [0, 0.05) is 31.7 Å². The van der Waals surface area contributed by atoms with Crippen LogP contribution in [0.2, 0.25) is 0 Å². The number of hydrogen-bond donors (Lipinski definition) is 5. The van der Waals surface area contributed by atoms with Crippen LogP contribution in [0.4, 0.5) is 19.3 Å². The lowest BCUT2D eigenvalue weighted by Gasteiger charge is -2.23. The number of carbonyl (C=O) groups excluding carboxylic acids is 3. The van der Waals surface area contributed by atoms with Gasteiger partial charge in [0.25, 0.3) is 0 Å². The third kappa shape index (κ3) is 10.2. The molecule has 5 aromatic rings. The van der Waals surface area contributed by atoms with E-state index < -0.39 is 41.6 Å². The van der Waals surface area contributed by atoms with Crippen molar-refractivity contribution >= 4 is 34.6 Å². The molecule has 6 N–H and O–H groups in total. The van der Waals surface area contributed by atoms with E-state index in [0.29, 0.717) is 36.4 Å². The van der Waals surface area contributed by atoms with Crippen LogP contribution >= 0.6 is 0 Å².